The largest absolute Gasteiger partial charge is 0.387 e. The molecule has 0 amide bonds. The highest BCUT2D eigenvalue weighted by molar-refractivity contribution is 5.29. The lowest BCUT2D eigenvalue weighted by Gasteiger charge is -2.22. The van der Waals surface area contributed by atoms with Crippen molar-refractivity contribution < 1.29 is 9.84 Å². The molecule has 3 rings (SSSR count). The SMILES string of the molecule is CN(CCCOC(c1ccccc1)c1ccccc1)CC(O)c1ccccc1. The summed E-state index contributed by atoms with van der Waals surface area (Å²) in [5.41, 5.74) is 3.29. The average Bonchev–Trinajstić information content (AvgIpc) is 2.75. The second-order valence-electron chi connectivity index (χ2n) is 7.11. The minimum absolute atomic E-state index is 0.0531. The molecule has 0 aliphatic heterocycles. The number of aliphatic hydroxyl groups excluding tert-OH is 1. The Hall–Kier alpha value is -2.46. The second kappa shape index (κ2) is 10.8. The van der Waals surface area contributed by atoms with Gasteiger partial charge in [-0.05, 0) is 30.2 Å². The van der Waals surface area contributed by atoms with Gasteiger partial charge >= 0.3 is 0 Å². The number of nitrogens with zero attached hydrogens (tertiary/aromatic N) is 1. The van der Waals surface area contributed by atoms with Crippen LogP contribution in [0.5, 0.6) is 0 Å². The van der Waals surface area contributed by atoms with E-state index in [4.69, 9.17) is 4.74 Å². The standard InChI is InChI=1S/C25H29NO2/c1-26(20-24(27)21-12-5-2-6-13-21)18-11-19-28-25(22-14-7-3-8-15-22)23-16-9-4-10-17-23/h2-10,12-17,24-25,27H,11,18-20H2,1H3. The van der Waals surface area contributed by atoms with Gasteiger partial charge in [0.25, 0.3) is 0 Å². The molecule has 0 saturated heterocycles. The molecule has 0 spiro atoms. The fraction of sp³-hybridized carbons (Fsp3) is 0.280. The van der Waals surface area contributed by atoms with Gasteiger partial charge in [-0.15, -0.1) is 0 Å². The van der Waals surface area contributed by atoms with Crippen molar-refractivity contribution in [2.45, 2.75) is 18.6 Å². The fourth-order valence-electron chi connectivity index (χ4n) is 3.34. The first-order chi connectivity index (χ1) is 13.7. The van der Waals surface area contributed by atoms with E-state index in [1.807, 2.05) is 73.8 Å². The zero-order valence-electron chi connectivity index (χ0n) is 16.4. The van der Waals surface area contributed by atoms with Crippen LogP contribution in [0.15, 0.2) is 91.0 Å². The number of likely N-dealkylation sites (N-methyl/N-ethyl adjacent to an activating group) is 1. The number of hydrogen-bond acceptors (Lipinski definition) is 3. The maximum atomic E-state index is 10.4. The molecule has 3 aromatic carbocycles. The van der Waals surface area contributed by atoms with Crippen molar-refractivity contribution in [2.24, 2.45) is 0 Å². The summed E-state index contributed by atoms with van der Waals surface area (Å²) < 4.78 is 6.27. The van der Waals surface area contributed by atoms with Gasteiger partial charge in [0.1, 0.15) is 6.10 Å². The van der Waals surface area contributed by atoms with Gasteiger partial charge in [-0.25, -0.2) is 0 Å². The number of ether oxygens (including phenoxy) is 1. The summed E-state index contributed by atoms with van der Waals surface area (Å²) in [7, 11) is 2.04. The third-order valence-corrected chi connectivity index (χ3v) is 4.84. The highest BCUT2D eigenvalue weighted by atomic mass is 16.5. The van der Waals surface area contributed by atoms with E-state index in [-0.39, 0.29) is 6.10 Å². The number of aliphatic hydroxyl groups is 1. The van der Waals surface area contributed by atoms with E-state index in [2.05, 4.69) is 29.2 Å². The normalized spacial score (nSPS) is 12.4. The van der Waals surface area contributed by atoms with Crippen LogP contribution in [0.4, 0.5) is 0 Å². The molecule has 28 heavy (non-hydrogen) atoms. The zero-order chi connectivity index (χ0) is 19.6. The summed E-state index contributed by atoms with van der Waals surface area (Å²) in [6.45, 7) is 2.16. The van der Waals surface area contributed by atoms with E-state index in [1.165, 1.54) is 11.1 Å². The first-order valence-corrected chi connectivity index (χ1v) is 9.87. The minimum Gasteiger partial charge on any atom is -0.387 e. The molecule has 146 valence electrons. The van der Waals surface area contributed by atoms with E-state index in [0.29, 0.717) is 13.2 Å². The molecule has 1 unspecified atom stereocenters. The molecular weight excluding hydrogens is 346 g/mol. The molecule has 3 aromatic rings. The Balaban J connectivity index is 1.49. The lowest BCUT2D eigenvalue weighted by Crippen LogP contribution is -2.26. The lowest BCUT2D eigenvalue weighted by molar-refractivity contribution is 0.0677. The first kappa shape index (κ1) is 20.3. The highest BCUT2D eigenvalue weighted by Crippen LogP contribution is 2.25. The van der Waals surface area contributed by atoms with Crippen LogP contribution in [0.1, 0.15) is 35.3 Å². The summed E-state index contributed by atoms with van der Waals surface area (Å²) >= 11 is 0. The van der Waals surface area contributed by atoms with Gasteiger partial charge in [-0.2, -0.15) is 0 Å². The monoisotopic (exact) mass is 375 g/mol. The van der Waals surface area contributed by atoms with Crippen molar-refractivity contribution in [3.63, 3.8) is 0 Å². The van der Waals surface area contributed by atoms with Crippen LogP contribution in [-0.2, 0) is 4.74 Å². The number of benzene rings is 3. The Bertz CT molecular complexity index is 753. The fourth-order valence-corrected chi connectivity index (χ4v) is 3.34. The quantitative estimate of drug-likeness (QED) is 0.514. The Labute approximate surface area is 168 Å². The molecular formula is C25H29NO2. The van der Waals surface area contributed by atoms with E-state index >= 15 is 0 Å². The van der Waals surface area contributed by atoms with E-state index in [0.717, 1.165) is 18.5 Å². The average molecular weight is 376 g/mol. The smallest absolute Gasteiger partial charge is 0.108 e. The highest BCUT2D eigenvalue weighted by Gasteiger charge is 2.15. The Morgan fingerprint density at radius 1 is 0.750 bits per heavy atom. The minimum atomic E-state index is -0.464. The Morgan fingerprint density at radius 3 is 1.71 bits per heavy atom. The van der Waals surface area contributed by atoms with Crippen molar-refractivity contribution in [1.82, 2.24) is 4.90 Å². The van der Waals surface area contributed by atoms with E-state index in [9.17, 15) is 5.11 Å². The molecule has 0 heterocycles. The summed E-state index contributed by atoms with van der Waals surface area (Å²) in [6, 6.07) is 30.5. The summed E-state index contributed by atoms with van der Waals surface area (Å²) in [4.78, 5) is 2.15. The van der Waals surface area contributed by atoms with Gasteiger partial charge in [0, 0.05) is 19.7 Å². The molecule has 0 fully saturated rings. The van der Waals surface area contributed by atoms with Gasteiger partial charge in [-0.3, -0.25) is 0 Å². The third kappa shape index (κ3) is 6.03. The van der Waals surface area contributed by atoms with Gasteiger partial charge in [-0.1, -0.05) is 91.0 Å². The predicted octanol–water partition coefficient (Wildman–Crippen LogP) is 4.85. The summed E-state index contributed by atoms with van der Waals surface area (Å²) in [6.07, 6.45) is 0.393. The van der Waals surface area contributed by atoms with E-state index < -0.39 is 6.10 Å². The maximum absolute atomic E-state index is 10.4. The van der Waals surface area contributed by atoms with Gasteiger partial charge in [0.15, 0.2) is 0 Å². The van der Waals surface area contributed by atoms with Crippen molar-refractivity contribution in [1.29, 1.82) is 0 Å². The molecule has 0 aliphatic carbocycles. The number of hydrogen-bond donors (Lipinski definition) is 1. The molecule has 1 N–H and O–H groups in total. The zero-order valence-corrected chi connectivity index (χ0v) is 16.4. The topological polar surface area (TPSA) is 32.7 Å². The number of rotatable bonds is 10. The molecule has 3 nitrogen and oxygen atoms in total. The molecule has 3 heteroatoms. The lowest BCUT2D eigenvalue weighted by atomic mass is 10.0. The molecule has 1 atom stereocenters. The van der Waals surface area contributed by atoms with Crippen molar-refractivity contribution in [3.05, 3.63) is 108 Å². The summed E-state index contributed by atoms with van der Waals surface area (Å²) in [5, 5.41) is 10.4. The van der Waals surface area contributed by atoms with Crippen LogP contribution in [0.3, 0.4) is 0 Å². The van der Waals surface area contributed by atoms with Crippen LogP contribution in [0, 0.1) is 0 Å². The van der Waals surface area contributed by atoms with Crippen LogP contribution < -0.4 is 0 Å². The van der Waals surface area contributed by atoms with Crippen LogP contribution >= 0.6 is 0 Å². The first-order valence-electron chi connectivity index (χ1n) is 9.87. The molecule has 0 aromatic heterocycles. The van der Waals surface area contributed by atoms with Gasteiger partial charge in [0.05, 0.1) is 6.10 Å². The van der Waals surface area contributed by atoms with E-state index in [1.54, 1.807) is 0 Å². The third-order valence-electron chi connectivity index (χ3n) is 4.84. The Morgan fingerprint density at radius 2 is 1.21 bits per heavy atom. The van der Waals surface area contributed by atoms with Gasteiger partial charge < -0.3 is 14.7 Å². The molecule has 0 radical (unpaired) electrons. The molecule has 0 saturated carbocycles. The van der Waals surface area contributed by atoms with Crippen LogP contribution in [0.25, 0.3) is 0 Å². The van der Waals surface area contributed by atoms with Crippen LogP contribution in [-0.4, -0.2) is 36.8 Å². The van der Waals surface area contributed by atoms with Crippen molar-refractivity contribution in [2.75, 3.05) is 26.7 Å². The van der Waals surface area contributed by atoms with Crippen LogP contribution in [0.2, 0.25) is 0 Å². The molecule has 0 aliphatic rings. The van der Waals surface area contributed by atoms with Crippen molar-refractivity contribution >= 4 is 0 Å². The maximum Gasteiger partial charge on any atom is 0.108 e. The molecule has 0 bridgehead atoms. The predicted molar refractivity (Wildman–Crippen MR) is 114 cm³/mol. The van der Waals surface area contributed by atoms with Gasteiger partial charge in [0.2, 0.25) is 0 Å². The summed E-state index contributed by atoms with van der Waals surface area (Å²) in [5.74, 6) is 0. The second-order valence-corrected chi connectivity index (χ2v) is 7.11. The van der Waals surface area contributed by atoms with Crippen molar-refractivity contribution in [3.8, 4) is 0 Å². The Kier molecular flexibility index (Phi) is 7.80.